The van der Waals surface area contributed by atoms with Gasteiger partial charge in [-0.1, -0.05) is 35.1 Å². The molecule has 1 atom stereocenters. The molecular weight excluding hydrogens is 540 g/mol. The van der Waals surface area contributed by atoms with Gasteiger partial charge in [0.15, 0.2) is 5.13 Å². The Hall–Kier alpha value is -3.28. The van der Waals surface area contributed by atoms with E-state index in [0.29, 0.717) is 27.4 Å². The van der Waals surface area contributed by atoms with E-state index in [-0.39, 0.29) is 12.6 Å². The smallest absolute Gasteiger partial charge is 0.407 e. The van der Waals surface area contributed by atoms with Crippen LogP contribution < -0.4 is 10.6 Å². The van der Waals surface area contributed by atoms with Gasteiger partial charge < -0.3 is 20.1 Å². The van der Waals surface area contributed by atoms with Gasteiger partial charge in [0.1, 0.15) is 22.1 Å². The number of rotatable bonds is 8. The van der Waals surface area contributed by atoms with Gasteiger partial charge in [0.2, 0.25) is 0 Å². The van der Waals surface area contributed by atoms with Gasteiger partial charge in [-0.15, -0.1) is 0 Å². The van der Waals surface area contributed by atoms with Crippen molar-refractivity contribution in [1.82, 2.24) is 25.2 Å². The molecule has 208 valence electrons. The maximum Gasteiger partial charge on any atom is 0.407 e. The molecule has 1 aliphatic heterocycles. The van der Waals surface area contributed by atoms with E-state index in [9.17, 15) is 9.59 Å². The van der Waals surface area contributed by atoms with Gasteiger partial charge in [-0.2, -0.15) is 0 Å². The average Bonchev–Trinajstić information content (AvgIpc) is 3.52. The van der Waals surface area contributed by atoms with E-state index in [1.165, 1.54) is 24.6 Å². The zero-order valence-electron chi connectivity index (χ0n) is 22.7. The van der Waals surface area contributed by atoms with E-state index in [4.69, 9.17) is 31.0 Å². The fourth-order valence-corrected chi connectivity index (χ4v) is 5.25. The number of nitrogens with one attached hydrogen (secondary N) is 2. The Morgan fingerprint density at radius 2 is 2.03 bits per heavy atom. The third kappa shape index (κ3) is 7.87. The summed E-state index contributed by atoms with van der Waals surface area (Å²) in [5.41, 5.74) is 2.17. The second-order valence-electron chi connectivity index (χ2n) is 10.3. The second-order valence-corrected chi connectivity index (χ2v) is 11.7. The van der Waals surface area contributed by atoms with Gasteiger partial charge in [0, 0.05) is 29.9 Å². The molecule has 0 bridgehead atoms. The minimum Gasteiger partial charge on any atom is -0.465 e. The molecule has 1 amide bonds. The number of amides is 1. The molecule has 0 saturated carbocycles. The van der Waals surface area contributed by atoms with Gasteiger partial charge in [-0.05, 0) is 64.3 Å². The predicted octanol–water partition coefficient (Wildman–Crippen LogP) is 5.79. The number of aryl methyl sites for hydroxylation is 1. The summed E-state index contributed by atoms with van der Waals surface area (Å²) in [5.74, 6) is 0.935. The van der Waals surface area contributed by atoms with Gasteiger partial charge in [0.25, 0.3) is 0 Å². The van der Waals surface area contributed by atoms with Crippen LogP contribution in [0.4, 0.5) is 15.7 Å². The molecule has 2 aromatic heterocycles. The molecule has 1 aliphatic rings. The normalized spacial score (nSPS) is 15.7. The number of methoxy groups -OCH3 is 1. The van der Waals surface area contributed by atoms with Gasteiger partial charge in [0.05, 0.1) is 19.3 Å². The number of hydrogen-bond donors (Lipinski definition) is 2. The molecule has 1 fully saturated rings. The monoisotopic (exact) mass is 572 g/mol. The van der Waals surface area contributed by atoms with E-state index in [2.05, 4.69) is 20.5 Å². The maximum atomic E-state index is 12.1. The third-order valence-corrected chi connectivity index (χ3v) is 7.24. The minimum atomic E-state index is -0.569. The molecule has 12 heteroatoms. The van der Waals surface area contributed by atoms with E-state index in [1.54, 1.807) is 0 Å². The Bertz CT molecular complexity index is 1340. The number of carbonyl (C=O) groups is 2. The number of benzene rings is 1. The standard InChI is InChI=1S/C27H33ClN6O4S/c1-16-11-22(33-25-29-14-21(39-25)24(35)37-5)32-23(31-16)20-7-6-10-34(20)15-17-8-9-19(28)18(12-17)13-30-26(36)38-27(2,3)4/h8-9,11-12,14,20H,6-7,10,13,15H2,1-5H3,(H,30,36)(H,29,31,32,33). The van der Waals surface area contributed by atoms with Gasteiger partial charge in [-0.25, -0.2) is 24.5 Å². The minimum absolute atomic E-state index is 0.0476. The average molecular weight is 573 g/mol. The number of nitrogens with zero attached hydrogens (tertiary/aromatic N) is 4. The van der Waals surface area contributed by atoms with Crippen LogP contribution in [0.5, 0.6) is 0 Å². The van der Waals surface area contributed by atoms with E-state index >= 15 is 0 Å². The first kappa shape index (κ1) is 28.7. The van der Waals surface area contributed by atoms with Crippen molar-refractivity contribution in [2.45, 2.75) is 65.3 Å². The van der Waals surface area contributed by atoms with Crippen LogP contribution in [0.3, 0.4) is 0 Å². The number of halogens is 1. The molecule has 0 aliphatic carbocycles. The third-order valence-electron chi connectivity index (χ3n) is 5.98. The van der Waals surface area contributed by atoms with Crippen molar-refractivity contribution < 1.29 is 19.1 Å². The number of aromatic nitrogens is 3. The summed E-state index contributed by atoms with van der Waals surface area (Å²) in [6.45, 7) is 9.27. The molecule has 2 N–H and O–H groups in total. The van der Waals surface area contributed by atoms with Crippen molar-refractivity contribution in [3.05, 3.63) is 63.0 Å². The number of carbonyl (C=O) groups excluding carboxylic acids is 2. The first-order chi connectivity index (χ1) is 18.5. The lowest BCUT2D eigenvalue weighted by Crippen LogP contribution is -2.32. The summed E-state index contributed by atoms with van der Waals surface area (Å²) in [6, 6.07) is 7.77. The number of likely N-dealkylation sites (tertiary alicyclic amines) is 1. The molecule has 1 aromatic carbocycles. The highest BCUT2D eigenvalue weighted by atomic mass is 35.5. The zero-order chi connectivity index (χ0) is 28.2. The molecule has 0 radical (unpaired) electrons. The van der Waals surface area contributed by atoms with Crippen LogP contribution in [0, 0.1) is 6.92 Å². The molecule has 0 spiro atoms. The molecule has 4 rings (SSSR count). The number of anilines is 2. The molecule has 3 heterocycles. The van der Waals surface area contributed by atoms with Gasteiger partial charge >= 0.3 is 12.1 Å². The molecule has 3 aromatic rings. The summed E-state index contributed by atoms with van der Waals surface area (Å²) < 4.78 is 10.1. The molecular formula is C27H33ClN6O4S. The van der Waals surface area contributed by atoms with Crippen molar-refractivity contribution in [1.29, 1.82) is 0 Å². The van der Waals surface area contributed by atoms with Crippen LogP contribution in [0.25, 0.3) is 0 Å². The molecule has 10 nitrogen and oxygen atoms in total. The lowest BCUT2D eigenvalue weighted by molar-refractivity contribution is 0.0522. The summed E-state index contributed by atoms with van der Waals surface area (Å²) >= 11 is 7.62. The summed E-state index contributed by atoms with van der Waals surface area (Å²) in [5, 5.41) is 7.11. The molecule has 1 saturated heterocycles. The molecule has 39 heavy (non-hydrogen) atoms. The Morgan fingerprint density at radius 3 is 2.77 bits per heavy atom. The van der Waals surface area contributed by atoms with E-state index in [0.717, 1.165) is 42.0 Å². The topological polar surface area (TPSA) is 119 Å². The number of ether oxygens (including phenoxy) is 2. The lowest BCUT2D eigenvalue weighted by Gasteiger charge is -2.24. The largest absolute Gasteiger partial charge is 0.465 e. The van der Waals surface area contributed by atoms with Crippen LogP contribution in [-0.2, 0) is 22.6 Å². The fraction of sp³-hybridized carbons (Fsp3) is 0.444. The van der Waals surface area contributed by atoms with Crippen LogP contribution in [0.2, 0.25) is 5.02 Å². The molecule has 1 unspecified atom stereocenters. The highest BCUT2D eigenvalue weighted by Gasteiger charge is 2.29. The highest BCUT2D eigenvalue weighted by molar-refractivity contribution is 7.17. The van der Waals surface area contributed by atoms with Crippen molar-refractivity contribution in [3.63, 3.8) is 0 Å². The van der Waals surface area contributed by atoms with Crippen LogP contribution in [0.15, 0.2) is 30.5 Å². The second kappa shape index (κ2) is 12.3. The summed E-state index contributed by atoms with van der Waals surface area (Å²) in [6.07, 6.45) is 2.97. The Labute approximate surface area is 237 Å². The van der Waals surface area contributed by atoms with Crippen LogP contribution >= 0.6 is 22.9 Å². The van der Waals surface area contributed by atoms with Crippen molar-refractivity contribution >= 4 is 45.9 Å². The summed E-state index contributed by atoms with van der Waals surface area (Å²) in [7, 11) is 1.34. The zero-order valence-corrected chi connectivity index (χ0v) is 24.3. The lowest BCUT2D eigenvalue weighted by atomic mass is 10.1. The van der Waals surface area contributed by atoms with E-state index < -0.39 is 17.7 Å². The predicted molar refractivity (Wildman–Crippen MR) is 150 cm³/mol. The summed E-state index contributed by atoms with van der Waals surface area (Å²) in [4.78, 5) is 40.4. The number of esters is 1. The van der Waals surface area contributed by atoms with Crippen LogP contribution in [-0.4, -0.2) is 51.2 Å². The Kier molecular flexibility index (Phi) is 9.04. The fourth-order valence-electron chi connectivity index (χ4n) is 4.33. The SMILES string of the molecule is COC(=O)c1cnc(Nc2cc(C)nc(C3CCCN3Cc3ccc(Cl)c(CNC(=O)OC(C)(C)C)c3)n2)s1. The Morgan fingerprint density at radius 1 is 1.23 bits per heavy atom. The number of alkyl carbamates (subject to hydrolysis) is 1. The van der Waals surface area contributed by atoms with Crippen LogP contribution in [0.1, 0.15) is 72.0 Å². The quantitative estimate of drug-likeness (QED) is 0.323. The first-order valence-electron chi connectivity index (χ1n) is 12.7. The maximum absolute atomic E-state index is 12.1. The van der Waals surface area contributed by atoms with Crippen molar-refractivity contribution in [2.24, 2.45) is 0 Å². The highest BCUT2D eigenvalue weighted by Crippen LogP contribution is 2.33. The number of hydrogen-bond acceptors (Lipinski definition) is 10. The number of thiazole rings is 1. The van der Waals surface area contributed by atoms with E-state index in [1.807, 2.05) is 52.0 Å². The van der Waals surface area contributed by atoms with Gasteiger partial charge in [-0.3, -0.25) is 4.90 Å². The van der Waals surface area contributed by atoms with Crippen molar-refractivity contribution in [3.8, 4) is 0 Å². The first-order valence-corrected chi connectivity index (χ1v) is 13.8. The Balaban J connectivity index is 1.45. The van der Waals surface area contributed by atoms with Crippen molar-refractivity contribution in [2.75, 3.05) is 19.0 Å².